The summed E-state index contributed by atoms with van der Waals surface area (Å²) in [6, 6.07) is 3.30. The van der Waals surface area contributed by atoms with E-state index in [-0.39, 0.29) is 4.91 Å². The second kappa shape index (κ2) is 7.99. The summed E-state index contributed by atoms with van der Waals surface area (Å²) < 4.78 is 37.5. The van der Waals surface area contributed by atoms with Gasteiger partial charge < -0.3 is 14.8 Å². The highest BCUT2D eigenvalue weighted by molar-refractivity contribution is 7.97. The SMILES string of the molecule is CCCCCNC(=O)C1=C(C)c2cc(OC)c(OC)cc2N(C)S1(=O)=O. The van der Waals surface area contributed by atoms with Crippen LogP contribution in [0, 0.1) is 0 Å². The van der Waals surface area contributed by atoms with E-state index < -0.39 is 15.9 Å². The second-order valence-corrected chi connectivity index (χ2v) is 8.02. The zero-order valence-corrected chi connectivity index (χ0v) is 16.7. The molecule has 0 spiro atoms. The molecule has 1 aliphatic heterocycles. The lowest BCUT2D eigenvalue weighted by Gasteiger charge is -2.30. The fourth-order valence-corrected chi connectivity index (χ4v) is 4.44. The number of allylic oxidation sites excluding steroid dienone is 1. The monoisotopic (exact) mass is 382 g/mol. The first-order valence-corrected chi connectivity index (χ1v) is 9.98. The molecule has 0 aromatic heterocycles. The van der Waals surface area contributed by atoms with Crippen LogP contribution in [0.2, 0.25) is 0 Å². The molecule has 1 aliphatic rings. The van der Waals surface area contributed by atoms with E-state index in [1.165, 1.54) is 21.3 Å². The molecule has 26 heavy (non-hydrogen) atoms. The number of anilines is 1. The number of benzene rings is 1. The average Bonchev–Trinajstić information content (AvgIpc) is 2.62. The van der Waals surface area contributed by atoms with Crippen molar-refractivity contribution in [1.82, 2.24) is 5.32 Å². The van der Waals surface area contributed by atoms with E-state index in [0.29, 0.717) is 34.9 Å². The van der Waals surface area contributed by atoms with E-state index in [9.17, 15) is 13.2 Å². The highest BCUT2D eigenvalue weighted by Gasteiger charge is 2.38. The Hall–Kier alpha value is -2.22. The third kappa shape index (κ3) is 3.51. The van der Waals surface area contributed by atoms with Gasteiger partial charge in [0.05, 0.1) is 19.9 Å². The van der Waals surface area contributed by atoms with E-state index in [4.69, 9.17) is 9.47 Å². The lowest BCUT2D eigenvalue weighted by molar-refractivity contribution is -0.116. The van der Waals surface area contributed by atoms with Crippen LogP contribution in [0.3, 0.4) is 0 Å². The minimum absolute atomic E-state index is 0.226. The quantitative estimate of drug-likeness (QED) is 0.733. The Labute approximate surface area is 155 Å². The maximum atomic E-state index is 12.9. The first kappa shape index (κ1) is 20.1. The highest BCUT2D eigenvalue weighted by Crippen LogP contribution is 2.44. The van der Waals surface area contributed by atoms with E-state index in [2.05, 4.69) is 12.2 Å². The molecule has 1 heterocycles. The summed E-state index contributed by atoms with van der Waals surface area (Å²) in [6.07, 6.45) is 2.81. The van der Waals surface area contributed by atoms with E-state index in [0.717, 1.165) is 23.6 Å². The van der Waals surface area contributed by atoms with E-state index in [1.54, 1.807) is 19.1 Å². The summed E-state index contributed by atoms with van der Waals surface area (Å²) in [5, 5.41) is 2.72. The molecule has 144 valence electrons. The molecule has 1 N–H and O–H groups in total. The molecule has 1 amide bonds. The Morgan fingerprint density at radius 1 is 1.15 bits per heavy atom. The van der Waals surface area contributed by atoms with Gasteiger partial charge in [0.2, 0.25) is 0 Å². The number of unbranched alkanes of at least 4 members (excludes halogenated alkanes) is 2. The normalized spacial score (nSPS) is 15.5. The van der Waals surface area contributed by atoms with Gasteiger partial charge in [0.15, 0.2) is 16.4 Å². The first-order valence-electron chi connectivity index (χ1n) is 8.54. The van der Waals surface area contributed by atoms with Gasteiger partial charge in [-0.05, 0) is 25.0 Å². The minimum Gasteiger partial charge on any atom is -0.493 e. The fourth-order valence-electron chi connectivity index (χ4n) is 2.96. The molecule has 0 saturated heterocycles. The van der Waals surface area contributed by atoms with Crippen molar-refractivity contribution < 1.29 is 22.7 Å². The number of nitrogens with one attached hydrogen (secondary N) is 1. The zero-order valence-electron chi connectivity index (χ0n) is 15.9. The first-order chi connectivity index (χ1) is 12.3. The molecule has 1 aromatic carbocycles. The Morgan fingerprint density at radius 3 is 2.35 bits per heavy atom. The van der Waals surface area contributed by atoms with Gasteiger partial charge in [-0.3, -0.25) is 9.10 Å². The number of methoxy groups -OCH3 is 2. The smallest absolute Gasteiger partial charge is 0.269 e. The van der Waals surface area contributed by atoms with Crippen molar-refractivity contribution >= 4 is 27.2 Å². The van der Waals surface area contributed by atoms with Crippen molar-refractivity contribution in [3.05, 3.63) is 22.6 Å². The molecule has 0 aliphatic carbocycles. The predicted octanol–water partition coefficient (Wildman–Crippen LogP) is 2.52. The van der Waals surface area contributed by atoms with Crippen LogP contribution in [0.4, 0.5) is 5.69 Å². The Balaban J connectivity index is 2.53. The molecule has 0 fully saturated rings. The minimum atomic E-state index is -3.95. The van der Waals surface area contributed by atoms with Crippen molar-refractivity contribution in [3.8, 4) is 11.5 Å². The number of rotatable bonds is 7. The number of ether oxygens (including phenoxy) is 2. The van der Waals surface area contributed by atoms with Crippen LogP contribution in [-0.4, -0.2) is 42.1 Å². The predicted molar refractivity (Wildman–Crippen MR) is 102 cm³/mol. The van der Waals surface area contributed by atoms with Gasteiger partial charge in [-0.15, -0.1) is 0 Å². The molecule has 7 nitrogen and oxygen atoms in total. The summed E-state index contributed by atoms with van der Waals surface area (Å²) in [5.41, 5.74) is 1.47. The van der Waals surface area contributed by atoms with Crippen molar-refractivity contribution in [2.45, 2.75) is 33.1 Å². The topological polar surface area (TPSA) is 84.9 Å². The summed E-state index contributed by atoms with van der Waals surface area (Å²) in [6.45, 7) is 4.14. The van der Waals surface area contributed by atoms with Gasteiger partial charge in [-0.25, -0.2) is 8.42 Å². The van der Waals surface area contributed by atoms with Crippen LogP contribution >= 0.6 is 0 Å². The molecule has 2 rings (SSSR count). The number of hydrogen-bond donors (Lipinski definition) is 1. The van der Waals surface area contributed by atoms with Crippen molar-refractivity contribution in [2.75, 3.05) is 32.1 Å². The number of fused-ring (bicyclic) bond motifs is 1. The maximum absolute atomic E-state index is 12.9. The molecule has 8 heteroatoms. The molecular weight excluding hydrogens is 356 g/mol. The Morgan fingerprint density at radius 2 is 1.77 bits per heavy atom. The largest absolute Gasteiger partial charge is 0.493 e. The average molecular weight is 382 g/mol. The Kier molecular flexibility index (Phi) is 6.17. The number of hydrogen-bond acceptors (Lipinski definition) is 5. The molecule has 0 unspecified atom stereocenters. The van der Waals surface area contributed by atoms with Crippen LogP contribution in [0.5, 0.6) is 11.5 Å². The van der Waals surface area contributed by atoms with Gasteiger partial charge in [0.1, 0.15) is 0 Å². The molecule has 0 atom stereocenters. The summed E-state index contributed by atoms with van der Waals surface area (Å²) in [7, 11) is 0.474. The number of amides is 1. The number of carbonyl (C=O) groups is 1. The van der Waals surface area contributed by atoms with Gasteiger partial charge >= 0.3 is 0 Å². The molecular formula is C18H26N2O5S. The zero-order chi connectivity index (χ0) is 19.5. The highest BCUT2D eigenvalue weighted by atomic mass is 32.2. The van der Waals surface area contributed by atoms with E-state index in [1.807, 2.05) is 0 Å². The molecule has 0 radical (unpaired) electrons. The van der Waals surface area contributed by atoms with Crippen molar-refractivity contribution in [1.29, 1.82) is 0 Å². The lowest BCUT2D eigenvalue weighted by Crippen LogP contribution is -2.39. The maximum Gasteiger partial charge on any atom is 0.269 e. The number of carbonyl (C=O) groups excluding carboxylic acids is 1. The van der Waals surface area contributed by atoms with Crippen LogP contribution in [-0.2, 0) is 14.8 Å². The van der Waals surface area contributed by atoms with Crippen molar-refractivity contribution in [2.24, 2.45) is 0 Å². The van der Waals surface area contributed by atoms with E-state index >= 15 is 0 Å². The van der Waals surface area contributed by atoms with Gasteiger partial charge in [0.25, 0.3) is 15.9 Å². The number of nitrogens with zero attached hydrogens (tertiary/aromatic N) is 1. The molecule has 0 bridgehead atoms. The van der Waals surface area contributed by atoms with Crippen molar-refractivity contribution in [3.63, 3.8) is 0 Å². The third-order valence-electron chi connectivity index (χ3n) is 4.48. The van der Waals surface area contributed by atoms with Crippen LogP contribution in [0.1, 0.15) is 38.7 Å². The van der Waals surface area contributed by atoms with Gasteiger partial charge in [0, 0.05) is 25.2 Å². The van der Waals surface area contributed by atoms with Crippen LogP contribution < -0.4 is 19.1 Å². The molecule has 1 aromatic rings. The lowest BCUT2D eigenvalue weighted by atomic mass is 10.0. The summed E-state index contributed by atoms with van der Waals surface area (Å²) in [4.78, 5) is 12.4. The van der Waals surface area contributed by atoms with Gasteiger partial charge in [-0.2, -0.15) is 0 Å². The molecule has 0 saturated carbocycles. The Bertz CT molecular complexity index is 830. The summed E-state index contributed by atoms with van der Waals surface area (Å²) in [5.74, 6) is 0.320. The summed E-state index contributed by atoms with van der Waals surface area (Å²) >= 11 is 0. The van der Waals surface area contributed by atoms with Crippen LogP contribution in [0.25, 0.3) is 5.57 Å². The third-order valence-corrected chi connectivity index (χ3v) is 6.40. The number of sulfonamides is 1. The standard InChI is InChI=1S/C18H26N2O5S/c1-6-7-8-9-19-18(21)17-12(2)13-10-15(24-4)16(25-5)11-14(13)20(3)26(17,22)23/h10-11H,6-9H2,1-5H3,(H,19,21). The van der Waals surface area contributed by atoms with Gasteiger partial charge in [-0.1, -0.05) is 19.8 Å². The van der Waals surface area contributed by atoms with Crippen LogP contribution in [0.15, 0.2) is 17.0 Å². The second-order valence-electron chi connectivity index (χ2n) is 6.11. The fraction of sp³-hybridized carbons (Fsp3) is 0.500.